The first-order valence-electron chi connectivity index (χ1n) is 7.03. The molecule has 0 aliphatic heterocycles. The van der Waals surface area contributed by atoms with Crippen LogP contribution in [0.25, 0.3) is 11.0 Å². The summed E-state index contributed by atoms with van der Waals surface area (Å²) in [5.41, 5.74) is 1.87. The van der Waals surface area contributed by atoms with Crippen molar-refractivity contribution in [2.24, 2.45) is 0 Å². The first kappa shape index (κ1) is 16.3. The van der Waals surface area contributed by atoms with E-state index in [-0.39, 0.29) is 6.10 Å². The van der Waals surface area contributed by atoms with Crippen LogP contribution in [0.1, 0.15) is 26.1 Å². The van der Waals surface area contributed by atoms with Crippen molar-refractivity contribution in [1.29, 1.82) is 0 Å². The molecule has 21 heavy (non-hydrogen) atoms. The van der Waals surface area contributed by atoms with Crippen LogP contribution >= 0.6 is 11.6 Å². The molecule has 0 amide bonds. The highest BCUT2D eigenvalue weighted by atomic mass is 35.5. The molecule has 1 unspecified atom stereocenters. The first-order chi connectivity index (χ1) is 10.0. The van der Waals surface area contributed by atoms with E-state index in [4.69, 9.17) is 16.3 Å². The maximum Gasteiger partial charge on any atom is 0.147 e. The van der Waals surface area contributed by atoms with Gasteiger partial charge >= 0.3 is 0 Å². The third-order valence-electron chi connectivity index (χ3n) is 3.12. The second-order valence-corrected chi connectivity index (χ2v) is 7.06. The van der Waals surface area contributed by atoms with Crippen molar-refractivity contribution in [2.75, 3.05) is 12.0 Å². The average molecular weight is 329 g/mol. The van der Waals surface area contributed by atoms with E-state index >= 15 is 0 Å². The van der Waals surface area contributed by atoms with E-state index < -0.39 is 10.8 Å². The Bertz CT molecular complexity index is 640. The van der Waals surface area contributed by atoms with Gasteiger partial charge in [-0.2, -0.15) is 0 Å². The predicted octanol–water partition coefficient (Wildman–Crippen LogP) is 3.33. The number of hydrogen-bond acceptors (Lipinski definition) is 3. The molecule has 0 saturated heterocycles. The molecule has 0 N–H and O–H groups in total. The second-order valence-electron chi connectivity index (χ2n) is 5.23. The van der Waals surface area contributed by atoms with E-state index in [0.717, 1.165) is 35.6 Å². The minimum absolute atomic E-state index is 0.0997. The molecule has 0 radical (unpaired) electrons. The topological polar surface area (TPSA) is 44.1 Å². The number of hydrogen-bond donors (Lipinski definition) is 0. The Morgan fingerprint density at radius 1 is 1.43 bits per heavy atom. The van der Waals surface area contributed by atoms with Gasteiger partial charge in [0.05, 0.1) is 17.5 Å². The number of aryl methyl sites for hydroxylation is 1. The minimum atomic E-state index is -0.773. The Morgan fingerprint density at radius 2 is 2.19 bits per heavy atom. The van der Waals surface area contributed by atoms with Gasteiger partial charge in [-0.25, -0.2) is 4.98 Å². The molecule has 0 saturated carbocycles. The monoisotopic (exact) mass is 328 g/mol. The van der Waals surface area contributed by atoms with Crippen LogP contribution in [0.2, 0.25) is 0 Å². The van der Waals surface area contributed by atoms with Crippen molar-refractivity contribution in [3.8, 4) is 5.75 Å². The van der Waals surface area contributed by atoms with E-state index in [1.54, 1.807) is 6.26 Å². The maximum absolute atomic E-state index is 11.2. The van der Waals surface area contributed by atoms with Crippen LogP contribution < -0.4 is 4.74 Å². The lowest BCUT2D eigenvalue weighted by molar-refractivity contribution is 0.245. The summed E-state index contributed by atoms with van der Waals surface area (Å²) in [5.74, 6) is 2.65. The van der Waals surface area contributed by atoms with Gasteiger partial charge in [-0.15, -0.1) is 11.6 Å². The molecule has 1 aromatic heterocycles. The Balaban J connectivity index is 2.37. The van der Waals surface area contributed by atoms with Gasteiger partial charge in [-0.05, 0) is 32.4 Å². The zero-order chi connectivity index (χ0) is 15.4. The van der Waals surface area contributed by atoms with Crippen LogP contribution in [0.5, 0.6) is 5.75 Å². The van der Waals surface area contributed by atoms with Crippen LogP contribution in [0, 0.1) is 0 Å². The first-order valence-corrected chi connectivity index (χ1v) is 9.30. The SMILES string of the molecule is CC(C)Oc1cccc2c1nc(CCl)n2CCCS(C)=O. The van der Waals surface area contributed by atoms with Gasteiger partial charge in [0.1, 0.15) is 17.1 Å². The molecule has 2 rings (SSSR count). The summed E-state index contributed by atoms with van der Waals surface area (Å²) in [5, 5.41) is 0. The smallest absolute Gasteiger partial charge is 0.147 e. The standard InChI is InChI=1S/C15H21ClN2O2S/c1-11(2)20-13-7-4-6-12-15(13)17-14(10-16)18(12)8-5-9-21(3)19/h4,6-7,11H,5,8-10H2,1-3H3. The molecule has 0 bridgehead atoms. The Hall–Kier alpha value is -1.07. The van der Waals surface area contributed by atoms with Crippen molar-refractivity contribution in [3.05, 3.63) is 24.0 Å². The normalized spacial score (nSPS) is 13.0. The number of rotatable bonds is 7. The number of para-hydroxylation sites is 1. The maximum atomic E-state index is 11.2. The van der Waals surface area contributed by atoms with E-state index in [1.807, 2.05) is 32.0 Å². The van der Waals surface area contributed by atoms with E-state index in [1.165, 1.54) is 0 Å². The summed E-state index contributed by atoms with van der Waals surface area (Å²) in [6.45, 7) is 4.76. The lowest BCUT2D eigenvalue weighted by Gasteiger charge is -2.10. The van der Waals surface area contributed by atoms with Crippen molar-refractivity contribution in [1.82, 2.24) is 9.55 Å². The fourth-order valence-electron chi connectivity index (χ4n) is 2.30. The third kappa shape index (κ3) is 3.98. The molecule has 1 aromatic carbocycles. The number of imidazole rings is 1. The minimum Gasteiger partial charge on any atom is -0.489 e. The van der Waals surface area contributed by atoms with E-state index in [2.05, 4.69) is 9.55 Å². The van der Waals surface area contributed by atoms with Crippen molar-refractivity contribution in [3.63, 3.8) is 0 Å². The average Bonchev–Trinajstić information content (AvgIpc) is 2.77. The Labute approximate surface area is 132 Å². The number of ether oxygens (including phenoxy) is 1. The highest BCUT2D eigenvalue weighted by Gasteiger charge is 2.14. The van der Waals surface area contributed by atoms with E-state index in [0.29, 0.717) is 11.6 Å². The molecule has 4 nitrogen and oxygen atoms in total. The number of benzene rings is 1. The molecule has 0 aliphatic rings. The predicted molar refractivity (Wildman–Crippen MR) is 88.6 cm³/mol. The fourth-order valence-corrected chi connectivity index (χ4v) is 3.04. The number of aromatic nitrogens is 2. The zero-order valence-corrected chi connectivity index (χ0v) is 14.2. The van der Waals surface area contributed by atoms with Crippen LogP contribution in [-0.2, 0) is 23.2 Å². The summed E-state index contributed by atoms with van der Waals surface area (Å²) >= 11 is 6.02. The Kier molecular flexibility index (Phi) is 5.65. The van der Waals surface area contributed by atoms with Crippen molar-refractivity contribution >= 4 is 33.4 Å². The molecule has 1 atom stereocenters. The highest BCUT2D eigenvalue weighted by molar-refractivity contribution is 7.84. The molecule has 1 heterocycles. The van der Waals surface area contributed by atoms with E-state index in [9.17, 15) is 4.21 Å². The van der Waals surface area contributed by atoms with Crippen LogP contribution in [-0.4, -0.2) is 31.9 Å². The van der Waals surface area contributed by atoms with Gasteiger partial charge in [0.15, 0.2) is 0 Å². The molecule has 0 aliphatic carbocycles. The van der Waals surface area contributed by atoms with Gasteiger partial charge < -0.3 is 9.30 Å². The van der Waals surface area contributed by atoms with Crippen LogP contribution in [0.15, 0.2) is 18.2 Å². The molecule has 2 aromatic rings. The second kappa shape index (κ2) is 7.27. The zero-order valence-electron chi connectivity index (χ0n) is 12.6. The lowest BCUT2D eigenvalue weighted by Crippen LogP contribution is -2.06. The number of alkyl halides is 1. The molecule has 6 heteroatoms. The largest absolute Gasteiger partial charge is 0.489 e. The molecule has 0 fully saturated rings. The Morgan fingerprint density at radius 3 is 2.81 bits per heavy atom. The van der Waals surface area contributed by atoms with Gasteiger partial charge in [0, 0.05) is 29.4 Å². The van der Waals surface area contributed by atoms with Gasteiger partial charge in [-0.3, -0.25) is 4.21 Å². The fraction of sp³-hybridized carbons (Fsp3) is 0.533. The van der Waals surface area contributed by atoms with Gasteiger partial charge in [-0.1, -0.05) is 6.07 Å². The third-order valence-corrected chi connectivity index (χ3v) is 4.22. The molecule has 116 valence electrons. The van der Waals surface area contributed by atoms with Crippen molar-refractivity contribution in [2.45, 2.75) is 38.8 Å². The number of halogens is 1. The molecular weight excluding hydrogens is 308 g/mol. The van der Waals surface area contributed by atoms with Crippen molar-refractivity contribution < 1.29 is 8.95 Å². The summed E-state index contributed by atoms with van der Waals surface area (Å²) in [7, 11) is -0.773. The molecular formula is C15H21ClN2O2S. The van der Waals surface area contributed by atoms with Crippen LogP contribution in [0.3, 0.4) is 0 Å². The van der Waals surface area contributed by atoms with Gasteiger partial charge in [0.25, 0.3) is 0 Å². The highest BCUT2D eigenvalue weighted by Crippen LogP contribution is 2.27. The number of nitrogens with zero attached hydrogens (tertiary/aromatic N) is 2. The summed E-state index contributed by atoms with van der Waals surface area (Å²) in [4.78, 5) is 4.61. The van der Waals surface area contributed by atoms with Gasteiger partial charge in [0.2, 0.25) is 0 Å². The lowest BCUT2D eigenvalue weighted by atomic mass is 10.3. The summed E-state index contributed by atoms with van der Waals surface area (Å²) in [6.07, 6.45) is 2.67. The summed E-state index contributed by atoms with van der Waals surface area (Å²) in [6, 6.07) is 5.92. The quantitative estimate of drug-likeness (QED) is 0.732. The van der Waals surface area contributed by atoms with Crippen LogP contribution in [0.4, 0.5) is 0 Å². The summed E-state index contributed by atoms with van der Waals surface area (Å²) < 4.78 is 19.1. The number of fused-ring (bicyclic) bond motifs is 1. The molecule has 0 spiro atoms.